The molecule has 0 spiro atoms. The molecule has 6 heteroatoms. The van der Waals surface area contributed by atoms with Gasteiger partial charge in [-0.3, -0.25) is 9.10 Å². The number of carbonyl (C=O) groups is 1. The van der Waals surface area contributed by atoms with Crippen molar-refractivity contribution in [3.8, 4) is 0 Å². The Morgan fingerprint density at radius 1 is 1.08 bits per heavy atom. The van der Waals surface area contributed by atoms with Crippen LogP contribution in [0.3, 0.4) is 0 Å². The molecule has 1 aromatic rings. The van der Waals surface area contributed by atoms with Gasteiger partial charge in [-0.2, -0.15) is 0 Å². The van der Waals surface area contributed by atoms with E-state index < -0.39 is 16.1 Å². The highest BCUT2D eigenvalue weighted by Crippen LogP contribution is 2.22. The van der Waals surface area contributed by atoms with Crippen molar-refractivity contribution in [3.05, 3.63) is 30.3 Å². The maximum atomic E-state index is 12.8. The lowest BCUT2D eigenvalue weighted by Gasteiger charge is -2.33. The number of hydrogen-bond acceptors (Lipinski definition) is 3. The first kappa shape index (κ1) is 20.5. The number of rotatable bonds is 8. The topological polar surface area (TPSA) is 66.5 Å². The Balaban J connectivity index is 3.17. The smallest absolute Gasteiger partial charge is 0.244 e. The second-order valence-electron chi connectivity index (χ2n) is 6.84. The van der Waals surface area contributed by atoms with Crippen molar-refractivity contribution in [2.75, 3.05) is 10.6 Å². The fourth-order valence-corrected chi connectivity index (χ4v) is 4.21. The maximum absolute atomic E-state index is 12.8. The largest absolute Gasteiger partial charge is 0.351 e. The summed E-state index contributed by atoms with van der Waals surface area (Å²) in [4.78, 5) is 12.8. The third-order valence-electron chi connectivity index (χ3n) is 4.09. The maximum Gasteiger partial charge on any atom is 0.244 e. The highest BCUT2D eigenvalue weighted by Gasteiger charge is 2.33. The van der Waals surface area contributed by atoms with Crippen molar-refractivity contribution < 1.29 is 13.2 Å². The molecule has 0 saturated carbocycles. The molecule has 0 radical (unpaired) electrons. The van der Waals surface area contributed by atoms with Crippen LogP contribution >= 0.6 is 0 Å². The average Bonchev–Trinajstić information content (AvgIpc) is 2.48. The molecule has 1 atom stereocenters. The van der Waals surface area contributed by atoms with Gasteiger partial charge in [-0.1, -0.05) is 52.8 Å². The van der Waals surface area contributed by atoms with Gasteiger partial charge in [-0.25, -0.2) is 8.42 Å². The lowest BCUT2D eigenvalue weighted by molar-refractivity contribution is -0.123. The van der Waals surface area contributed by atoms with E-state index in [1.165, 1.54) is 4.31 Å². The van der Waals surface area contributed by atoms with Gasteiger partial charge in [0.05, 0.1) is 11.9 Å². The van der Waals surface area contributed by atoms with Crippen molar-refractivity contribution in [1.29, 1.82) is 0 Å². The van der Waals surface area contributed by atoms with Gasteiger partial charge < -0.3 is 5.32 Å². The number of nitrogens with zero attached hydrogens (tertiary/aromatic N) is 1. The molecule has 0 bridgehead atoms. The molecular weight excluding hydrogens is 324 g/mol. The summed E-state index contributed by atoms with van der Waals surface area (Å²) in [6.45, 7) is 10.0. The van der Waals surface area contributed by atoms with Gasteiger partial charge in [0.15, 0.2) is 0 Å². The highest BCUT2D eigenvalue weighted by molar-refractivity contribution is 7.92. The molecule has 0 aliphatic heterocycles. The third-order valence-corrected chi connectivity index (χ3v) is 5.27. The molecule has 0 aromatic heterocycles. The molecular formula is C18H30N2O3S. The molecule has 0 unspecified atom stereocenters. The van der Waals surface area contributed by atoms with Crippen molar-refractivity contribution in [2.24, 2.45) is 11.8 Å². The van der Waals surface area contributed by atoms with E-state index in [-0.39, 0.29) is 23.8 Å². The molecule has 5 nitrogen and oxygen atoms in total. The standard InChI is InChI=1S/C18H30N2O3S/c1-7-16(18(21)19-17(13(2)3)14(4)5)20(24(6,22)23)15-11-9-8-10-12-15/h8-14,16-17H,7H2,1-6H3,(H,19,21)/t16-/m1/s1. The average molecular weight is 355 g/mol. The fourth-order valence-electron chi connectivity index (χ4n) is 3.00. The van der Waals surface area contributed by atoms with Crippen LogP contribution in [0.25, 0.3) is 0 Å². The predicted molar refractivity (Wildman–Crippen MR) is 99.5 cm³/mol. The van der Waals surface area contributed by atoms with E-state index >= 15 is 0 Å². The van der Waals surface area contributed by atoms with Gasteiger partial charge in [0.25, 0.3) is 0 Å². The van der Waals surface area contributed by atoms with E-state index in [1.54, 1.807) is 24.3 Å². The molecule has 0 aliphatic rings. The van der Waals surface area contributed by atoms with E-state index in [0.29, 0.717) is 12.1 Å². The molecule has 0 fully saturated rings. The fraction of sp³-hybridized carbons (Fsp3) is 0.611. The van der Waals surface area contributed by atoms with E-state index in [4.69, 9.17) is 0 Å². The summed E-state index contributed by atoms with van der Waals surface area (Å²) in [6.07, 6.45) is 1.54. The molecule has 0 aliphatic carbocycles. The Kier molecular flexibility index (Phi) is 7.27. The Morgan fingerprint density at radius 2 is 1.58 bits per heavy atom. The Labute approximate surface area is 146 Å². The molecule has 0 heterocycles. The molecule has 136 valence electrons. The number of hydrogen-bond donors (Lipinski definition) is 1. The lowest BCUT2D eigenvalue weighted by atomic mass is 9.93. The van der Waals surface area contributed by atoms with Crippen LogP contribution in [0.1, 0.15) is 41.0 Å². The minimum atomic E-state index is -3.58. The Hall–Kier alpha value is -1.56. The van der Waals surface area contributed by atoms with Crippen LogP contribution in [-0.4, -0.2) is 32.7 Å². The van der Waals surface area contributed by atoms with Crippen LogP contribution in [0, 0.1) is 11.8 Å². The zero-order valence-corrected chi connectivity index (χ0v) is 16.3. The first-order chi connectivity index (χ1) is 11.1. The summed E-state index contributed by atoms with van der Waals surface area (Å²) in [5.41, 5.74) is 0.507. The second kappa shape index (κ2) is 8.51. The molecule has 1 aromatic carbocycles. The summed E-state index contributed by atoms with van der Waals surface area (Å²) in [7, 11) is -3.58. The minimum Gasteiger partial charge on any atom is -0.351 e. The Morgan fingerprint density at radius 3 is 1.96 bits per heavy atom. The lowest BCUT2D eigenvalue weighted by Crippen LogP contribution is -2.53. The van der Waals surface area contributed by atoms with Crippen molar-refractivity contribution >= 4 is 21.6 Å². The number of anilines is 1. The minimum absolute atomic E-state index is 0.00346. The normalized spacial score (nSPS) is 13.4. The van der Waals surface area contributed by atoms with Crippen LogP contribution in [0.15, 0.2) is 30.3 Å². The van der Waals surface area contributed by atoms with Gasteiger partial charge in [-0.05, 0) is 30.4 Å². The SMILES string of the molecule is CC[C@H](C(=O)NC(C(C)C)C(C)C)N(c1ccccc1)S(C)(=O)=O. The first-order valence-electron chi connectivity index (χ1n) is 8.44. The third kappa shape index (κ3) is 5.23. The molecule has 1 amide bonds. The summed E-state index contributed by atoms with van der Waals surface area (Å²) in [5, 5.41) is 3.04. The summed E-state index contributed by atoms with van der Waals surface area (Å²) in [6, 6.07) is 8.01. The molecule has 1 N–H and O–H groups in total. The van der Waals surface area contributed by atoms with E-state index in [1.807, 2.05) is 13.0 Å². The number of benzene rings is 1. The molecule has 1 rings (SSSR count). The quantitative estimate of drug-likeness (QED) is 0.780. The zero-order valence-electron chi connectivity index (χ0n) is 15.5. The van der Waals surface area contributed by atoms with Crippen molar-refractivity contribution in [1.82, 2.24) is 5.32 Å². The zero-order chi connectivity index (χ0) is 18.5. The summed E-state index contributed by atoms with van der Waals surface area (Å²) >= 11 is 0. The van der Waals surface area contributed by atoms with Gasteiger partial charge in [-0.15, -0.1) is 0 Å². The van der Waals surface area contributed by atoms with Gasteiger partial charge in [0, 0.05) is 6.04 Å². The number of para-hydroxylation sites is 1. The second-order valence-corrected chi connectivity index (χ2v) is 8.70. The number of amides is 1. The number of nitrogens with one attached hydrogen (secondary N) is 1. The number of carbonyl (C=O) groups excluding carboxylic acids is 1. The van der Waals surface area contributed by atoms with Crippen LogP contribution in [0.5, 0.6) is 0 Å². The van der Waals surface area contributed by atoms with Crippen LogP contribution in [-0.2, 0) is 14.8 Å². The molecule has 0 saturated heterocycles. The van der Waals surface area contributed by atoms with E-state index in [9.17, 15) is 13.2 Å². The summed E-state index contributed by atoms with van der Waals surface area (Å²) < 4.78 is 25.9. The van der Waals surface area contributed by atoms with Gasteiger partial charge in [0.1, 0.15) is 6.04 Å². The van der Waals surface area contributed by atoms with E-state index in [2.05, 4.69) is 33.0 Å². The highest BCUT2D eigenvalue weighted by atomic mass is 32.2. The van der Waals surface area contributed by atoms with E-state index in [0.717, 1.165) is 6.26 Å². The number of sulfonamides is 1. The molecule has 24 heavy (non-hydrogen) atoms. The van der Waals surface area contributed by atoms with Crippen LogP contribution in [0.4, 0.5) is 5.69 Å². The van der Waals surface area contributed by atoms with Gasteiger partial charge >= 0.3 is 0 Å². The van der Waals surface area contributed by atoms with Gasteiger partial charge in [0.2, 0.25) is 15.9 Å². The predicted octanol–water partition coefficient (Wildman–Crippen LogP) is 3.03. The summed E-state index contributed by atoms with van der Waals surface area (Å²) in [5.74, 6) is 0.295. The first-order valence-corrected chi connectivity index (χ1v) is 10.3. The monoisotopic (exact) mass is 354 g/mol. The van der Waals surface area contributed by atoms with Crippen LogP contribution in [0.2, 0.25) is 0 Å². The van der Waals surface area contributed by atoms with Crippen LogP contribution < -0.4 is 9.62 Å². The van der Waals surface area contributed by atoms with Crippen molar-refractivity contribution in [3.63, 3.8) is 0 Å². The Bertz CT molecular complexity index is 619. The van der Waals surface area contributed by atoms with Crippen molar-refractivity contribution in [2.45, 2.75) is 53.1 Å².